The lowest BCUT2D eigenvalue weighted by atomic mass is 9.85. The summed E-state index contributed by atoms with van der Waals surface area (Å²) in [4.78, 5) is 44.5. The standard InChI is InChI=1S/C23H26ClF2N5O4/c24-16-8-13(25)9-17(26)18(16)31-21(32)12-3-5-14(6-4-12)30-23(34)20-19(28-11-29-20)22(33)27-10-15-2-1-7-35-15/h8-9,11-12,14-15H,1-7,10H2,(H,27,33)(H,28,29)(H,30,34)(H,31,32)/t12?,14?,15-/m1/s1. The molecule has 9 nitrogen and oxygen atoms in total. The third-order valence-corrected chi connectivity index (χ3v) is 6.58. The molecule has 2 aromatic rings. The van der Waals surface area contributed by atoms with Crippen molar-refractivity contribution in [2.75, 3.05) is 18.5 Å². The Morgan fingerprint density at radius 3 is 2.57 bits per heavy atom. The second-order valence-electron chi connectivity index (χ2n) is 8.73. The van der Waals surface area contributed by atoms with Crippen LogP contribution in [0.2, 0.25) is 5.02 Å². The highest BCUT2D eigenvalue weighted by atomic mass is 35.5. The monoisotopic (exact) mass is 509 g/mol. The van der Waals surface area contributed by atoms with Crippen molar-refractivity contribution in [3.8, 4) is 0 Å². The highest BCUT2D eigenvalue weighted by molar-refractivity contribution is 6.33. The Bertz CT molecular complexity index is 1070. The van der Waals surface area contributed by atoms with Crippen LogP contribution >= 0.6 is 11.6 Å². The van der Waals surface area contributed by atoms with E-state index in [2.05, 4.69) is 25.9 Å². The maximum absolute atomic E-state index is 14.0. The molecule has 0 bridgehead atoms. The van der Waals surface area contributed by atoms with E-state index in [1.54, 1.807) is 0 Å². The quantitative estimate of drug-likeness (QED) is 0.456. The smallest absolute Gasteiger partial charge is 0.272 e. The number of nitrogens with zero attached hydrogens (tertiary/aromatic N) is 1. The molecule has 2 aliphatic rings. The van der Waals surface area contributed by atoms with Gasteiger partial charge in [0.25, 0.3) is 11.8 Å². The average Bonchev–Trinajstić information content (AvgIpc) is 3.52. The second-order valence-corrected chi connectivity index (χ2v) is 9.13. The molecule has 1 atom stereocenters. The van der Waals surface area contributed by atoms with Crippen LogP contribution in [0.5, 0.6) is 0 Å². The molecule has 1 aromatic heterocycles. The summed E-state index contributed by atoms with van der Waals surface area (Å²) in [6.07, 6.45) is 5.02. The van der Waals surface area contributed by atoms with Crippen LogP contribution in [-0.4, -0.2) is 53.0 Å². The van der Waals surface area contributed by atoms with Crippen molar-refractivity contribution >= 4 is 35.0 Å². The number of H-pyrrole nitrogens is 1. The molecule has 35 heavy (non-hydrogen) atoms. The van der Waals surface area contributed by atoms with Crippen LogP contribution in [0.15, 0.2) is 18.5 Å². The zero-order chi connectivity index (χ0) is 24.9. The lowest BCUT2D eigenvalue weighted by Gasteiger charge is -2.28. The molecule has 12 heteroatoms. The lowest BCUT2D eigenvalue weighted by Crippen LogP contribution is -2.40. The highest BCUT2D eigenvalue weighted by Crippen LogP contribution is 2.30. The van der Waals surface area contributed by atoms with Crippen LogP contribution in [0.4, 0.5) is 14.5 Å². The Morgan fingerprint density at radius 2 is 1.89 bits per heavy atom. The average molecular weight is 510 g/mol. The van der Waals surface area contributed by atoms with Crippen LogP contribution < -0.4 is 16.0 Å². The number of carbonyl (C=O) groups excluding carboxylic acids is 3. The molecule has 1 aliphatic heterocycles. The summed E-state index contributed by atoms with van der Waals surface area (Å²) >= 11 is 5.85. The summed E-state index contributed by atoms with van der Waals surface area (Å²) < 4.78 is 32.7. The molecule has 0 unspecified atom stereocenters. The number of aromatic amines is 1. The first-order chi connectivity index (χ1) is 16.8. The normalized spacial score (nSPS) is 22.0. The Hall–Kier alpha value is -3.05. The minimum Gasteiger partial charge on any atom is -0.376 e. The van der Waals surface area contributed by atoms with Gasteiger partial charge in [0.05, 0.1) is 23.1 Å². The number of halogens is 3. The van der Waals surface area contributed by atoms with E-state index in [-0.39, 0.29) is 34.2 Å². The summed E-state index contributed by atoms with van der Waals surface area (Å²) in [5, 5.41) is 7.85. The molecule has 1 saturated carbocycles. The summed E-state index contributed by atoms with van der Waals surface area (Å²) in [5.74, 6) is -3.52. The van der Waals surface area contributed by atoms with E-state index in [4.69, 9.17) is 16.3 Å². The van der Waals surface area contributed by atoms with Gasteiger partial charge in [0.1, 0.15) is 11.5 Å². The molecule has 0 spiro atoms. The van der Waals surface area contributed by atoms with E-state index >= 15 is 0 Å². The Labute approximate surface area is 205 Å². The number of amides is 3. The van der Waals surface area contributed by atoms with E-state index in [1.807, 2.05) is 0 Å². The fraction of sp³-hybridized carbons (Fsp3) is 0.478. The van der Waals surface area contributed by atoms with Crippen LogP contribution in [-0.2, 0) is 9.53 Å². The van der Waals surface area contributed by atoms with Crippen molar-refractivity contribution in [2.24, 2.45) is 5.92 Å². The van der Waals surface area contributed by atoms with Crippen LogP contribution in [0.25, 0.3) is 0 Å². The number of nitrogens with one attached hydrogen (secondary N) is 4. The van der Waals surface area contributed by atoms with Gasteiger partial charge < -0.3 is 25.7 Å². The molecular weight excluding hydrogens is 484 g/mol. The van der Waals surface area contributed by atoms with Crippen molar-refractivity contribution in [1.82, 2.24) is 20.6 Å². The summed E-state index contributed by atoms with van der Waals surface area (Å²) in [5.41, 5.74) is -0.180. The van der Waals surface area contributed by atoms with Gasteiger partial charge in [-0.15, -0.1) is 0 Å². The number of ether oxygens (including phenoxy) is 1. The zero-order valence-corrected chi connectivity index (χ0v) is 19.6. The van der Waals surface area contributed by atoms with Crippen molar-refractivity contribution < 1.29 is 27.9 Å². The molecule has 1 aromatic carbocycles. The molecule has 188 valence electrons. The van der Waals surface area contributed by atoms with Crippen molar-refractivity contribution in [1.29, 1.82) is 0 Å². The Morgan fingerprint density at radius 1 is 1.11 bits per heavy atom. The number of hydrogen-bond acceptors (Lipinski definition) is 5. The third-order valence-electron chi connectivity index (χ3n) is 6.28. The van der Waals surface area contributed by atoms with E-state index in [0.29, 0.717) is 44.9 Å². The van der Waals surface area contributed by atoms with Crippen LogP contribution in [0, 0.1) is 17.6 Å². The largest absolute Gasteiger partial charge is 0.376 e. The molecule has 0 radical (unpaired) electrons. The first-order valence-electron chi connectivity index (χ1n) is 11.5. The number of imidazole rings is 1. The second kappa shape index (κ2) is 11.1. The molecule has 2 fully saturated rings. The minimum absolute atomic E-state index is 0.00358. The number of rotatable bonds is 7. The van der Waals surface area contributed by atoms with Crippen molar-refractivity contribution in [2.45, 2.75) is 50.7 Å². The molecule has 3 amide bonds. The summed E-state index contributed by atoms with van der Waals surface area (Å²) in [7, 11) is 0. The summed E-state index contributed by atoms with van der Waals surface area (Å²) in [6.45, 7) is 1.04. The molecule has 4 N–H and O–H groups in total. The van der Waals surface area contributed by atoms with Gasteiger partial charge >= 0.3 is 0 Å². The van der Waals surface area contributed by atoms with Gasteiger partial charge in [-0.2, -0.15) is 0 Å². The predicted molar refractivity (Wildman–Crippen MR) is 123 cm³/mol. The van der Waals surface area contributed by atoms with Gasteiger partial charge in [0.15, 0.2) is 11.5 Å². The topological polar surface area (TPSA) is 125 Å². The maximum Gasteiger partial charge on any atom is 0.272 e. The highest BCUT2D eigenvalue weighted by Gasteiger charge is 2.30. The van der Waals surface area contributed by atoms with Gasteiger partial charge in [-0.3, -0.25) is 14.4 Å². The SMILES string of the molecule is O=C(NC1CCC(C(=O)Nc2c(F)cc(F)cc2Cl)CC1)c1nc[nH]c1C(=O)NC[C@H]1CCCO1. The van der Waals surface area contributed by atoms with E-state index in [9.17, 15) is 23.2 Å². The van der Waals surface area contributed by atoms with Gasteiger partial charge in [0.2, 0.25) is 5.91 Å². The lowest BCUT2D eigenvalue weighted by molar-refractivity contribution is -0.120. The molecule has 4 rings (SSSR count). The molecule has 1 saturated heterocycles. The van der Waals surface area contributed by atoms with Gasteiger partial charge in [0, 0.05) is 31.2 Å². The van der Waals surface area contributed by atoms with Crippen molar-refractivity contribution in [3.63, 3.8) is 0 Å². The minimum atomic E-state index is -0.945. The third kappa shape index (κ3) is 6.15. The first-order valence-corrected chi connectivity index (χ1v) is 11.9. The number of carbonyl (C=O) groups is 3. The Balaban J connectivity index is 1.27. The molecule has 2 heterocycles. The van der Waals surface area contributed by atoms with Crippen LogP contribution in [0.1, 0.15) is 59.5 Å². The fourth-order valence-electron chi connectivity index (χ4n) is 4.38. The van der Waals surface area contributed by atoms with Gasteiger partial charge in [-0.1, -0.05) is 11.6 Å². The number of anilines is 1. The Kier molecular flexibility index (Phi) is 7.97. The number of benzene rings is 1. The fourth-order valence-corrected chi connectivity index (χ4v) is 4.62. The van der Waals surface area contributed by atoms with Gasteiger partial charge in [-0.05, 0) is 44.6 Å². The predicted octanol–water partition coefficient (Wildman–Crippen LogP) is 3.18. The number of aromatic nitrogens is 2. The number of hydrogen-bond donors (Lipinski definition) is 4. The van der Waals surface area contributed by atoms with Crippen molar-refractivity contribution in [3.05, 3.63) is 46.5 Å². The van der Waals surface area contributed by atoms with Gasteiger partial charge in [-0.25, -0.2) is 13.8 Å². The zero-order valence-electron chi connectivity index (χ0n) is 18.8. The van der Waals surface area contributed by atoms with E-state index in [0.717, 1.165) is 18.9 Å². The van der Waals surface area contributed by atoms with E-state index < -0.39 is 35.3 Å². The first kappa shape index (κ1) is 25.1. The molecule has 1 aliphatic carbocycles. The van der Waals surface area contributed by atoms with E-state index in [1.165, 1.54) is 6.33 Å². The maximum atomic E-state index is 14.0. The summed E-state index contributed by atoms with van der Waals surface area (Å²) in [6, 6.07) is 1.37. The van der Waals surface area contributed by atoms with Crippen LogP contribution in [0.3, 0.4) is 0 Å². The molecular formula is C23H26ClF2N5O4.